The molecule has 1 aromatic carbocycles. The second-order valence-corrected chi connectivity index (χ2v) is 8.24. The Hall–Kier alpha value is -3.52. The number of pyridine rings is 1. The summed E-state index contributed by atoms with van der Waals surface area (Å²) in [4.78, 5) is 46.8. The molecule has 6 rings (SSSR count). The summed E-state index contributed by atoms with van der Waals surface area (Å²) in [5.74, 6) is -0.423. The minimum absolute atomic E-state index is 0.00394. The van der Waals surface area contributed by atoms with Crippen LogP contribution in [0.5, 0.6) is 0 Å². The number of hydrogen-bond acceptors (Lipinski definition) is 5. The zero-order valence-corrected chi connectivity index (χ0v) is 16.7. The highest BCUT2D eigenvalue weighted by atomic mass is 16.5. The fourth-order valence-corrected chi connectivity index (χ4v) is 5.24. The van der Waals surface area contributed by atoms with Crippen LogP contribution in [0.1, 0.15) is 34.9 Å². The van der Waals surface area contributed by atoms with Crippen molar-refractivity contribution in [2.75, 3.05) is 13.1 Å². The van der Waals surface area contributed by atoms with E-state index < -0.39 is 23.2 Å². The molecule has 3 fully saturated rings. The van der Waals surface area contributed by atoms with Crippen LogP contribution in [0.15, 0.2) is 65.7 Å². The Balaban J connectivity index is 1.34. The standard InChI is InChI=1S/C23H20N4O4/c28-20-12-18-23(27(20)14-17(31-23)15-6-2-1-3-7-15)9-11-25(18)21(29)16-13-24-19-8-4-5-10-26(19)22(16)30/h1-8,10,13,17-18H,9,11-12,14H2/t17-,18-,23+/m1/s1. The van der Waals surface area contributed by atoms with E-state index in [-0.39, 0.29) is 24.0 Å². The van der Waals surface area contributed by atoms with Gasteiger partial charge in [-0.05, 0) is 17.7 Å². The van der Waals surface area contributed by atoms with Crippen molar-refractivity contribution in [3.63, 3.8) is 0 Å². The van der Waals surface area contributed by atoms with Crippen LogP contribution in [-0.2, 0) is 9.53 Å². The zero-order chi connectivity index (χ0) is 21.2. The number of benzene rings is 1. The number of amides is 2. The monoisotopic (exact) mass is 416 g/mol. The molecule has 0 N–H and O–H groups in total. The molecule has 0 radical (unpaired) electrons. The first kappa shape index (κ1) is 18.3. The highest BCUT2D eigenvalue weighted by Crippen LogP contribution is 2.50. The number of carbonyl (C=O) groups excluding carboxylic acids is 2. The van der Waals surface area contributed by atoms with Gasteiger partial charge in [-0.2, -0.15) is 0 Å². The molecule has 3 aliphatic rings. The molecule has 5 heterocycles. The quantitative estimate of drug-likeness (QED) is 0.634. The van der Waals surface area contributed by atoms with E-state index in [0.29, 0.717) is 25.2 Å². The van der Waals surface area contributed by atoms with E-state index in [1.54, 1.807) is 34.2 Å². The molecule has 8 heteroatoms. The van der Waals surface area contributed by atoms with Gasteiger partial charge in [0.1, 0.15) is 17.3 Å². The van der Waals surface area contributed by atoms with Gasteiger partial charge in [0.25, 0.3) is 11.5 Å². The summed E-state index contributed by atoms with van der Waals surface area (Å²) in [7, 11) is 0. The second kappa shape index (κ2) is 6.49. The lowest BCUT2D eigenvalue weighted by Gasteiger charge is -2.31. The van der Waals surface area contributed by atoms with Gasteiger partial charge in [-0.25, -0.2) is 4.98 Å². The van der Waals surface area contributed by atoms with Crippen LogP contribution in [0.2, 0.25) is 0 Å². The maximum absolute atomic E-state index is 13.4. The average molecular weight is 416 g/mol. The van der Waals surface area contributed by atoms with Crippen LogP contribution in [0.3, 0.4) is 0 Å². The summed E-state index contributed by atoms with van der Waals surface area (Å²) >= 11 is 0. The van der Waals surface area contributed by atoms with Crippen molar-refractivity contribution >= 4 is 17.5 Å². The Morgan fingerprint density at radius 2 is 1.90 bits per heavy atom. The van der Waals surface area contributed by atoms with Gasteiger partial charge in [0, 0.05) is 25.4 Å². The van der Waals surface area contributed by atoms with Crippen molar-refractivity contribution in [3.05, 3.63) is 82.4 Å². The van der Waals surface area contributed by atoms with E-state index in [0.717, 1.165) is 5.56 Å². The summed E-state index contributed by atoms with van der Waals surface area (Å²) in [5, 5.41) is 0. The molecule has 0 aliphatic carbocycles. The highest BCUT2D eigenvalue weighted by molar-refractivity contribution is 5.95. The van der Waals surface area contributed by atoms with Crippen LogP contribution in [0, 0.1) is 0 Å². The third-order valence-electron chi connectivity index (χ3n) is 6.70. The Bertz CT molecular complexity index is 1270. The summed E-state index contributed by atoms with van der Waals surface area (Å²) < 4.78 is 7.85. The lowest BCUT2D eigenvalue weighted by Crippen LogP contribution is -2.49. The van der Waals surface area contributed by atoms with Crippen molar-refractivity contribution in [3.8, 4) is 0 Å². The number of nitrogens with zero attached hydrogens (tertiary/aromatic N) is 4. The number of rotatable bonds is 2. The first-order valence-corrected chi connectivity index (χ1v) is 10.4. The van der Waals surface area contributed by atoms with Crippen molar-refractivity contribution in [2.45, 2.75) is 30.7 Å². The Morgan fingerprint density at radius 1 is 1.10 bits per heavy atom. The molecule has 0 unspecified atom stereocenters. The van der Waals surface area contributed by atoms with Gasteiger partial charge >= 0.3 is 0 Å². The van der Waals surface area contributed by atoms with E-state index in [4.69, 9.17) is 4.74 Å². The van der Waals surface area contributed by atoms with Gasteiger partial charge in [0.2, 0.25) is 5.91 Å². The molecule has 0 bridgehead atoms. The van der Waals surface area contributed by atoms with E-state index in [1.807, 2.05) is 30.3 Å². The summed E-state index contributed by atoms with van der Waals surface area (Å²) in [5.41, 5.74) is 0.262. The van der Waals surface area contributed by atoms with E-state index in [2.05, 4.69) is 4.98 Å². The number of carbonyl (C=O) groups is 2. The van der Waals surface area contributed by atoms with Gasteiger partial charge in [-0.15, -0.1) is 0 Å². The molecular formula is C23H20N4O4. The Kier molecular flexibility index (Phi) is 3.82. The van der Waals surface area contributed by atoms with Crippen molar-refractivity contribution in [1.29, 1.82) is 0 Å². The molecule has 0 saturated carbocycles. The lowest BCUT2D eigenvalue weighted by molar-refractivity contribution is -0.138. The number of hydrogen-bond donors (Lipinski definition) is 0. The van der Waals surface area contributed by atoms with Crippen LogP contribution in [0.4, 0.5) is 0 Å². The van der Waals surface area contributed by atoms with Crippen molar-refractivity contribution in [2.24, 2.45) is 0 Å². The maximum Gasteiger partial charge on any atom is 0.270 e. The second-order valence-electron chi connectivity index (χ2n) is 8.24. The van der Waals surface area contributed by atoms with Crippen LogP contribution in [0.25, 0.3) is 5.65 Å². The maximum atomic E-state index is 13.4. The van der Waals surface area contributed by atoms with Gasteiger partial charge in [0.05, 0.1) is 19.0 Å². The van der Waals surface area contributed by atoms with Crippen LogP contribution < -0.4 is 5.56 Å². The molecule has 2 amide bonds. The van der Waals surface area contributed by atoms with Gasteiger partial charge in [-0.1, -0.05) is 36.4 Å². The van der Waals surface area contributed by atoms with Gasteiger partial charge < -0.3 is 14.5 Å². The van der Waals surface area contributed by atoms with E-state index >= 15 is 0 Å². The number of ether oxygens (including phenoxy) is 1. The fraction of sp³-hybridized carbons (Fsp3) is 0.304. The Labute approximate surface area is 177 Å². The molecule has 3 atom stereocenters. The highest BCUT2D eigenvalue weighted by Gasteiger charge is 2.65. The number of aromatic nitrogens is 2. The predicted molar refractivity (Wildman–Crippen MR) is 110 cm³/mol. The van der Waals surface area contributed by atoms with Crippen molar-refractivity contribution < 1.29 is 14.3 Å². The molecule has 1 spiro atoms. The Morgan fingerprint density at radius 3 is 2.74 bits per heavy atom. The SMILES string of the molecule is O=C(c1cnc2ccccn2c1=O)N1CC[C@@]23O[C@@H](c4ccccc4)CN2C(=O)C[C@@H]13. The van der Waals surface area contributed by atoms with E-state index in [1.165, 1.54) is 10.6 Å². The molecule has 31 heavy (non-hydrogen) atoms. The first-order valence-electron chi connectivity index (χ1n) is 10.4. The van der Waals surface area contributed by atoms with Crippen LogP contribution >= 0.6 is 0 Å². The van der Waals surface area contributed by atoms with Crippen molar-refractivity contribution in [1.82, 2.24) is 19.2 Å². The largest absolute Gasteiger partial charge is 0.343 e. The molecular weight excluding hydrogens is 396 g/mol. The first-order chi connectivity index (χ1) is 15.1. The molecule has 8 nitrogen and oxygen atoms in total. The summed E-state index contributed by atoms with van der Waals surface area (Å²) in [6, 6.07) is 14.6. The third kappa shape index (κ3) is 2.51. The van der Waals surface area contributed by atoms with Crippen LogP contribution in [-0.4, -0.2) is 55.9 Å². The third-order valence-corrected chi connectivity index (χ3v) is 6.70. The lowest BCUT2D eigenvalue weighted by atomic mass is 10.1. The minimum Gasteiger partial charge on any atom is -0.343 e. The number of fused-ring (bicyclic) bond motifs is 1. The smallest absolute Gasteiger partial charge is 0.270 e. The molecule has 156 valence electrons. The molecule has 3 aliphatic heterocycles. The molecule has 3 saturated heterocycles. The van der Waals surface area contributed by atoms with Gasteiger partial charge in [-0.3, -0.25) is 18.8 Å². The van der Waals surface area contributed by atoms with Gasteiger partial charge in [0.15, 0.2) is 5.72 Å². The molecule has 2 aromatic heterocycles. The normalized spacial score (nSPS) is 27.0. The summed E-state index contributed by atoms with van der Waals surface area (Å²) in [6.07, 6.45) is 3.44. The topological polar surface area (TPSA) is 84.2 Å². The van der Waals surface area contributed by atoms with E-state index in [9.17, 15) is 14.4 Å². The summed E-state index contributed by atoms with van der Waals surface area (Å²) in [6.45, 7) is 0.896. The number of likely N-dealkylation sites (tertiary alicyclic amines) is 1. The average Bonchev–Trinajstić information content (AvgIpc) is 3.43. The molecule has 3 aromatic rings. The fourth-order valence-electron chi connectivity index (χ4n) is 5.24. The zero-order valence-electron chi connectivity index (χ0n) is 16.7. The minimum atomic E-state index is -0.826. The predicted octanol–water partition coefficient (Wildman–Crippen LogP) is 1.61.